The van der Waals surface area contributed by atoms with E-state index < -0.39 is 0 Å². The molecular formula is C13H23NO. The minimum absolute atomic E-state index is 0.192. The Morgan fingerprint density at radius 3 is 2.53 bits per heavy atom. The predicted molar refractivity (Wildman–Crippen MR) is 61.8 cm³/mol. The van der Waals surface area contributed by atoms with Crippen molar-refractivity contribution >= 4 is 5.78 Å². The Morgan fingerprint density at radius 2 is 1.93 bits per heavy atom. The van der Waals surface area contributed by atoms with E-state index in [0.717, 1.165) is 12.3 Å². The topological polar surface area (TPSA) is 20.3 Å². The van der Waals surface area contributed by atoms with E-state index in [9.17, 15) is 4.79 Å². The van der Waals surface area contributed by atoms with Gasteiger partial charge in [0, 0.05) is 12.0 Å². The molecule has 2 nitrogen and oxygen atoms in total. The van der Waals surface area contributed by atoms with E-state index in [1.54, 1.807) is 0 Å². The zero-order valence-electron chi connectivity index (χ0n) is 10.2. The zero-order chi connectivity index (χ0) is 11.0. The fourth-order valence-corrected chi connectivity index (χ4v) is 3.38. The van der Waals surface area contributed by atoms with Crippen LogP contribution in [0.1, 0.15) is 46.0 Å². The molecule has 0 bridgehead atoms. The quantitative estimate of drug-likeness (QED) is 0.696. The first-order valence-corrected chi connectivity index (χ1v) is 6.37. The number of fused-ring (bicyclic) bond motifs is 1. The molecule has 1 heterocycles. The van der Waals surface area contributed by atoms with Crippen molar-refractivity contribution in [3.8, 4) is 0 Å². The van der Waals surface area contributed by atoms with E-state index in [1.807, 2.05) is 13.8 Å². The molecule has 1 saturated heterocycles. The molecule has 0 N–H and O–H groups in total. The molecular weight excluding hydrogens is 186 g/mol. The van der Waals surface area contributed by atoms with Crippen LogP contribution in [0.4, 0.5) is 0 Å². The highest BCUT2D eigenvalue weighted by molar-refractivity contribution is 5.86. The molecule has 2 rings (SSSR count). The third kappa shape index (κ3) is 1.96. The van der Waals surface area contributed by atoms with Crippen molar-refractivity contribution in [3.05, 3.63) is 0 Å². The number of Topliss-reactive ketones (excluding diaryl/α,β-unsaturated/α-hetero) is 1. The van der Waals surface area contributed by atoms with Gasteiger partial charge in [0.05, 0.1) is 6.04 Å². The van der Waals surface area contributed by atoms with E-state index in [-0.39, 0.29) is 12.0 Å². The lowest BCUT2D eigenvalue weighted by Crippen LogP contribution is -2.40. The van der Waals surface area contributed by atoms with E-state index in [1.165, 1.54) is 25.7 Å². The summed E-state index contributed by atoms with van der Waals surface area (Å²) in [4.78, 5) is 14.4. The molecule has 1 saturated carbocycles. The fourth-order valence-electron chi connectivity index (χ4n) is 3.38. The predicted octanol–water partition coefficient (Wildman–Crippen LogP) is 2.47. The minimum atomic E-state index is 0.192. The summed E-state index contributed by atoms with van der Waals surface area (Å²) in [6.45, 7) is 4.05. The van der Waals surface area contributed by atoms with Crippen LogP contribution in [-0.2, 0) is 4.79 Å². The summed E-state index contributed by atoms with van der Waals surface area (Å²) in [6, 6.07) is 0.921. The van der Waals surface area contributed by atoms with E-state index >= 15 is 0 Å². The number of hydrogen-bond acceptors (Lipinski definition) is 2. The zero-order valence-corrected chi connectivity index (χ0v) is 10.2. The molecule has 15 heavy (non-hydrogen) atoms. The lowest BCUT2D eigenvalue weighted by molar-refractivity contribution is -0.126. The molecule has 0 spiro atoms. The molecule has 3 atom stereocenters. The fraction of sp³-hybridized carbons (Fsp3) is 0.923. The minimum Gasteiger partial charge on any atom is -0.298 e. The summed E-state index contributed by atoms with van der Waals surface area (Å²) >= 11 is 0. The maximum atomic E-state index is 12.1. The molecule has 0 radical (unpaired) electrons. The van der Waals surface area contributed by atoms with Crippen LogP contribution in [0.3, 0.4) is 0 Å². The van der Waals surface area contributed by atoms with Crippen molar-refractivity contribution in [1.29, 1.82) is 0 Å². The number of likely N-dealkylation sites (N-methyl/N-ethyl adjacent to an activating group) is 1. The van der Waals surface area contributed by atoms with Crippen LogP contribution in [0, 0.1) is 11.8 Å². The molecule has 1 aliphatic carbocycles. The maximum absolute atomic E-state index is 12.1. The molecule has 2 fully saturated rings. The van der Waals surface area contributed by atoms with Gasteiger partial charge in [0.1, 0.15) is 0 Å². The smallest absolute Gasteiger partial charge is 0.152 e. The van der Waals surface area contributed by atoms with Crippen LogP contribution >= 0.6 is 0 Å². The average molecular weight is 209 g/mol. The molecule has 0 aromatic heterocycles. The van der Waals surface area contributed by atoms with Gasteiger partial charge in [-0.25, -0.2) is 0 Å². The number of hydrogen-bond donors (Lipinski definition) is 0. The number of nitrogens with zero attached hydrogens (tertiary/aromatic N) is 1. The molecule has 0 amide bonds. The normalized spacial score (nSPS) is 36.9. The number of rotatable bonds is 2. The van der Waals surface area contributed by atoms with Crippen LogP contribution in [-0.4, -0.2) is 29.8 Å². The van der Waals surface area contributed by atoms with Gasteiger partial charge in [-0.15, -0.1) is 0 Å². The summed E-state index contributed by atoms with van der Waals surface area (Å²) in [5, 5.41) is 0. The third-order valence-electron chi connectivity index (χ3n) is 4.31. The Hall–Kier alpha value is -0.370. The number of carbonyl (C=O) groups is 1. The average Bonchev–Trinajstić information content (AvgIpc) is 2.56. The summed E-state index contributed by atoms with van der Waals surface area (Å²) in [7, 11) is 2.15. The van der Waals surface area contributed by atoms with Gasteiger partial charge in [0.15, 0.2) is 5.78 Å². The van der Waals surface area contributed by atoms with Gasteiger partial charge in [0.25, 0.3) is 0 Å². The Labute approximate surface area is 93.0 Å². The lowest BCUT2D eigenvalue weighted by Gasteiger charge is -2.30. The van der Waals surface area contributed by atoms with Gasteiger partial charge in [-0.3, -0.25) is 9.69 Å². The van der Waals surface area contributed by atoms with Crippen molar-refractivity contribution in [3.63, 3.8) is 0 Å². The first kappa shape index (κ1) is 11.1. The van der Waals surface area contributed by atoms with Crippen LogP contribution in [0.25, 0.3) is 0 Å². The first-order chi connectivity index (χ1) is 7.11. The second-order valence-electron chi connectivity index (χ2n) is 5.59. The monoisotopic (exact) mass is 209 g/mol. The largest absolute Gasteiger partial charge is 0.298 e. The molecule has 1 aliphatic heterocycles. The van der Waals surface area contributed by atoms with Gasteiger partial charge < -0.3 is 0 Å². The summed E-state index contributed by atoms with van der Waals surface area (Å²) < 4.78 is 0. The van der Waals surface area contributed by atoms with E-state index in [0.29, 0.717) is 11.8 Å². The molecule has 2 unspecified atom stereocenters. The van der Waals surface area contributed by atoms with Gasteiger partial charge in [-0.2, -0.15) is 0 Å². The summed E-state index contributed by atoms with van der Waals surface area (Å²) in [5.41, 5.74) is 0. The molecule has 0 aromatic rings. The van der Waals surface area contributed by atoms with Crippen molar-refractivity contribution < 1.29 is 4.79 Å². The second kappa shape index (κ2) is 4.25. The molecule has 0 aromatic carbocycles. The second-order valence-corrected chi connectivity index (χ2v) is 5.59. The SMILES string of the molecule is CC(C)C(=O)[C@@H]1CC2CCCCC2N1C. The van der Waals surface area contributed by atoms with Crippen molar-refractivity contribution in [2.45, 2.75) is 58.0 Å². The van der Waals surface area contributed by atoms with Gasteiger partial charge in [0.2, 0.25) is 0 Å². The van der Waals surface area contributed by atoms with Crippen LogP contribution in [0.15, 0.2) is 0 Å². The van der Waals surface area contributed by atoms with E-state index in [2.05, 4.69) is 11.9 Å². The Morgan fingerprint density at radius 1 is 1.27 bits per heavy atom. The van der Waals surface area contributed by atoms with Crippen molar-refractivity contribution in [2.75, 3.05) is 7.05 Å². The highest BCUT2D eigenvalue weighted by Crippen LogP contribution is 2.39. The Kier molecular flexibility index (Phi) is 3.15. The van der Waals surface area contributed by atoms with Gasteiger partial charge in [-0.05, 0) is 32.2 Å². The van der Waals surface area contributed by atoms with Crippen LogP contribution in [0.2, 0.25) is 0 Å². The van der Waals surface area contributed by atoms with Gasteiger partial charge >= 0.3 is 0 Å². The number of carbonyl (C=O) groups excluding carboxylic acids is 1. The highest BCUT2D eigenvalue weighted by Gasteiger charge is 2.43. The highest BCUT2D eigenvalue weighted by atomic mass is 16.1. The molecule has 2 aliphatic rings. The summed E-state index contributed by atoms with van der Waals surface area (Å²) in [6.07, 6.45) is 6.50. The Balaban J connectivity index is 2.07. The van der Waals surface area contributed by atoms with Crippen molar-refractivity contribution in [2.24, 2.45) is 11.8 Å². The summed E-state index contributed by atoms with van der Waals surface area (Å²) in [5.74, 6) is 1.45. The number of likely N-dealkylation sites (tertiary alicyclic amines) is 1. The first-order valence-electron chi connectivity index (χ1n) is 6.37. The molecule has 86 valence electrons. The van der Waals surface area contributed by atoms with E-state index in [4.69, 9.17) is 0 Å². The third-order valence-corrected chi connectivity index (χ3v) is 4.31. The molecule has 2 heteroatoms. The Bertz CT molecular complexity index is 249. The van der Waals surface area contributed by atoms with Crippen molar-refractivity contribution in [1.82, 2.24) is 4.90 Å². The number of ketones is 1. The lowest BCUT2D eigenvalue weighted by atomic mass is 9.84. The standard InChI is InChI=1S/C13H23NO/c1-9(2)13(15)12-8-10-6-4-5-7-11(10)14(12)3/h9-12H,4-8H2,1-3H3/t10?,11?,12-/m0/s1. The van der Waals surface area contributed by atoms with Crippen LogP contribution < -0.4 is 0 Å². The van der Waals surface area contributed by atoms with Crippen LogP contribution in [0.5, 0.6) is 0 Å². The van der Waals surface area contributed by atoms with Gasteiger partial charge in [-0.1, -0.05) is 26.7 Å². The maximum Gasteiger partial charge on any atom is 0.152 e.